The Balaban J connectivity index is 1.87. The Morgan fingerprint density at radius 1 is 0.932 bits per heavy atom. The number of amides is 1. The third kappa shape index (κ3) is 9.17. The zero-order chi connectivity index (χ0) is 32.3. The maximum atomic E-state index is 15.6. The number of halogens is 1. The van der Waals surface area contributed by atoms with Crippen LogP contribution < -0.4 is 5.32 Å². The van der Waals surface area contributed by atoms with Crippen LogP contribution >= 0.6 is 0 Å². The standard InChI is InChI=1S/C31H33FN2O9S/c1-3-43-30(36)23(20-44(40,41)26-16-14-25(15-17-26)34(38)39)18-24(32)19-27(35)29(33-31(37)42-2)28(21-10-6-4-7-11-21)22-12-8-5-9-13-22/h4-17,23-24,28-29H,3,18-20H2,1-2H3,(H,33,37)/t23-,24?,29-/m1/s1. The minimum Gasteiger partial charge on any atom is -0.466 e. The van der Waals surface area contributed by atoms with Crippen molar-refractivity contribution >= 4 is 33.4 Å². The summed E-state index contributed by atoms with van der Waals surface area (Å²) in [6.07, 6.45) is -4.31. The first-order valence-electron chi connectivity index (χ1n) is 13.7. The van der Waals surface area contributed by atoms with Gasteiger partial charge in [0.25, 0.3) is 5.69 Å². The second kappa shape index (κ2) is 15.7. The molecule has 44 heavy (non-hydrogen) atoms. The Hall–Kier alpha value is -4.65. The Bertz CT molecular complexity index is 1500. The zero-order valence-corrected chi connectivity index (χ0v) is 24.9. The Kier molecular flexibility index (Phi) is 12.1. The molecule has 3 aromatic carbocycles. The Labute approximate surface area is 254 Å². The number of non-ortho nitro benzene ring substituents is 1. The molecule has 3 aromatic rings. The van der Waals surface area contributed by atoms with Gasteiger partial charge in [-0.2, -0.15) is 0 Å². The van der Waals surface area contributed by atoms with E-state index in [4.69, 9.17) is 9.47 Å². The molecule has 1 unspecified atom stereocenters. The zero-order valence-electron chi connectivity index (χ0n) is 24.1. The van der Waals surface area contributed by atoms with Gasteiger partial charge in [-0.3, -0.25) is 19.7 Å². The quantitative estimate of drug-likeness (QED) is 0.142. The minimum atomic E-state index is -4.21. The van der Waals surface area contributed by atoms with Gasteiger partial charge in [0.15, 0.2) is 15.6 Å². The van der Waals surface area contributed by atoms with Gasteiger partial charge in [-0.15, -0.1) is 0 Å². The van der Waals surface area contributed by atoms with Crippen LogP contribution in [-0.4, -0.2) is 62.9 Å². The SMILES string of the molecule is CCOC(=O)[C@H](CC(F)CC(=O)[C@@H](NC(=O)OC)C(c1ccccc1)c1ccccc1)CS(=O)(=O)c1ccc([N+](=O)[O-])cc1. The molecular weight excluding hydrogens is 595 g/mol. The average Bonchev–Trinajstić information content (AvgIpc) is 3.01. The van der Waals surface area contributed by atoms with Gasteiger partial charge in [0, 0.05) is 24.5 Å². The summed E-state index contributed by atoms with van der Waals surface area (Å²) in [6, 6.07) is 20.5. The maximum absolute atomic E-state index is 15.6. The molecule has 0 aromatic heterocycles. The summed E-state index contributed by atoms with van der Waals surface area (Å²) in [7, 11) is -3.08. The molecule has 11 nitrogen and oxygen atoms in total. The molecule has 234 valence electrons. The number of ketones is 1. The van der Waals surface area contributed by atoms with E-state index >= 15 is 4.39 Å². The number of esters is 1. The number of alkyl carbamates (subject to hydrolysis) is 1. The number of benzene rings is 3. The van der Waals surface area contributed by atoms with Crippen molar-refractivity contribution in [1.82, 2.24) is 5.32 Å². The number of alkyl halides is 1. The number of Topliss-reactive ketones (excluding diaryl/α,β-unsaturated/α-hetero) is 1. The smallest absolute Gasteiger partial charge is 0.407 e. The molecule has 13 heteroatoms. The molecule has 0 aliphatic rings. The van der Waals surface area contributed by atoms with Gasteiger partial charge in [0.05, 0.1) is 35.2 Å². The number of hydrogen-bond acceptors (Lipinski definition) is 9. The van der Waals surface area contributed by atoms with Gasteiger partial charge in [-0.25, -0.2) is 17.6 Å². The number of carbonyl (C=O) groups excluding carboxylic acids is 3. The molecule has 0 saturated carbocycles. The summed E-state index contributed by atoms with van der Waals surface area (Å²) >= 11 is 0. The fraction of sp³-hybridized carbons (Fsp3) is 0.323. The van der Waals surface area contributed by atoms with Crippen LogP contribution in [0.15, 0.2) is 89.8 Å². The van der Waals surface area contributed by atoms with Gasteiger partial charge in [0.1, 0.15) is 12.2 Å². The second-order valence-electron chi connectivity index (χ2n) is 9.90. The average molecular weight is 629 g/mol. The van der Waals surface area contributed by atoms with Gasteiger partial charge >= 0.3 is 12.1 Å². The van der Waals surface area contributed by atoms with Crippen LogP contribution in [0.2, 0.25) is 0 Å². The second-order valence-corrected chi connectivity index (χ2v) is 11.9. The van der Waals surface area contributed by atoms with Crippen molar-refractivity contribution in [1.29, 1.82) is 0 Å². The Morgan fingerprint density at radius 3 is 1.95 bits per heavy atom. The number of nitrogens with one attached hydrogen (secondary N) is 1. The minimum absolute atomic E-state index is 0.0935. The molecular formula is C31H33FN2O9S. The number of hydrogen-bond donors (Lipinski definition) is 1. The van der Waals surface area contributed by atoms with Gasteiger partial charge in [-0.05, 0) is 36.6 Å². The first-order chi connectivity index (χ1) is 21.0. The lowest BCUT2D eigenvalue weighted by Crippen LogP contribution is -2.46. The number of sulfone groups is 1. The number of rotatable bonds is 15. The van der Waals surface area contributed by atoms with Crippen molar-refractivity contribution in [3.63, 3.8) is 0 Å². The predicted octanol–water partition coefficient (Wildman–Crippen LogP) is 4.79. The lowest BCUT2D eigenvalue weighted by molar-refractivity contribution is -0.384. The molecule has 0 spiro atoms. The van der Waals surface area contributed by atoms with Crippen molar-refractivity contribution in [3.05, 3.63) is 106 Å². The first-order valence-corrected chi connectivity index (χ1v) is 15.4. The molecule has 0 heterocycles. The molecule has 0 bridgehead atoms. The summed E-state index contributed by atoms with van der Waals surface area (Å²) < 4.78 is 51.5. The molecule has 0 saturated heterocycles. The van der Waals surface area contributed by atoms with Crippen LogP contribution in [0.5, 0.6) is 0 Å². The normalized spacial score (nSPS) is 13.4. The fourth-order valence-electron chi connectivity index (χ4n) is 4.80. The molecule has 0 aliphatic carbocycles. The monoisotopic (exact) mass is 628 g/mol. The lowest BCUT2D eigenvalue weighted by Gasteiger charge is -2.28. The van der Waals surface area contributed by atoms with Crippen molar-refractivity contribution in [2.75, 3.05) is 19.5 Å². The molecule has 0 radical (unpaired) electrons. The molecule has 1 N–H and O–H groups in total. The van der Waals surface area contributed by atoms with Crippen molar-refractivity contribution in [2.45, 2.75) is 42.8 Å². The van der Waals surface area contributed by atoms with Crippen LogP contribution in [0.25, 0.3) is 0 Å². The number of ether oxygens (including phenoxy) is 2. The molecule has 0 aliphatic heterocycles. The van der Waals surface area contributed by atoms with E-state index in [2.05, 4.69) is 5.32 Å². The Morgan fingerprint density at radius 2 is 1.48 bits per heavy atom. The van der Waals surface area contributed by atoms with Crippen LogP contribution in [-0.2, 0) is 28.9 Å². The topological polar surface area (TPSA) is 159 Å². The van der Waals surface area contributed by atoms with Crippen LogP contribution in [0.3, 0.4) is 0 Å². The summed E-state index contributed by atoms with van der Waals surface area (Å²) in [4.78, 5) is 48.7. The number of nitro groups is 1. The number of nitrogens with zero attached hydrogens (tertiary/aromatic N) is 1. The van der Waals surface area contributed by atoms with E-state index in [1.807, 2.05) is 0 Å². The highest BCUT2D eigenvalue weighted by Crippen LogP contribution is 2.31. The molecule has 3 atom stereocenters. The first kappa shape index (κ1) is 33.8. The lowest BCUT2D eigenvalue weighted by atomic mass is 9.82. The van der Waals surface area contributed by atoms with Crippen molar-refractivity contribution in [3.8, 4) is 0 Å². The third-order valence-corrected chi connectivity index (χ3v) is 8.70. The van der Waals surface area contributed by atoms with E-state index in [-0.39, 0.29) is 17.2 Å². The van der Waals surface area contributed by atoms with Gasteiger partial charge in [0.2, 0.25) is 0 Å². The summed E-state index contributed by atoms with van der Waals surface area (Å²) in [5.74, 6) is -4.73. The highest BCUT2D eigenvalue weighted by molar-refractivity contribution is 7.91. The summed E-state index contributed by atoms with van der Waals surface area (Å²) in [5.41, 5.74) is 1.01. The van der Waals surface area contributed by atoms with Crippen molar-refractivity contribution < 1.29 is 41.6 Å². The predicted molar refractivity (Wildman–Crippen MR) is 158 cm³/mol. The van der Waals surface area contributed by atoms with Gasteiger partial charge < -0.3 is 14.8 Å². The number of carbonyl (C=O) groups is 3. The van der Waals surface area contributed by atoms with E-state index in [1.165, 1.54) is 6.92 Å². The number of nitro benzene ring substituents is 1. The fourth-order valence-corrected chi connectivity index (χ4v) is 6.34. The van der Waals surface area contributed by atoms with E-state index in [0.717, 1.165) is 31.4 Å². The highest BCUT2D eigenvalue weighted by Gasteiger charge is 2.36. The summed E-state index contributed by atoms with van der Waals surface area (Å²) in [5, 5.41) is 13.5. The molecule has 0 fully saturated rings. The van der Waals surface area contributed by atoms with E-state index in [1.54, 1.807) is 60.7 Å². The molecule has 3 rings (SSSR count). The van der Waals surface area contributed by atoms with Crippen molar-refractivity contribution in [2.24, 2.45) is 5.92 Å². The molecule has 1 amide bonds. The number of methoxy groups -OCH3 is 1. The maximum Gasteiger partial charge on any atom is 0.407 e. The third-order valence-electron chi connectivity index (χ3n) is 6.87. The van der Waals surface area contributed by atoms with Crippen LogP contribution in [0.1, 0.15) is 36.8 Å². The van der Waals surface area contributed by atoms with Gasteiger partial charge in [-0.1, -0.05) is 60.7 Å². The van der Waals surface area contributed by atoms with Crippen LogP contribution in [0.4, 0.5) is 14.9 Å². The summed E-state index contributed by atoms with van der Waals surface area (Å²) in [6.45, 7) is 1.41. The van der Waals surface area contributed by atoms with Crippen LogP contribution in [0, 0.1) is 16.0 Å². The van der Waals surface area contributed by atoms with E-state index in [0.29, 0.717) is 11.1 Å². The van der Waals surface area contributed by atoms with E-state index in [9.17, 15) is 32.9 Å². The van der Waals surface area contributed by atoms with E-state index < -0.39 is 75.3 Å². The largest absolute Gasteiger partial charge is 0.466 e. The highest BCUT2D eigenvalue weighted by atomic mass is 32.2.